The lowest BCUT2D eigenvalue weighted by atomic mass is 10.2. The van der Waals surface area contributed by atoms with Gasteiger partial charge in [-0.2, -0.15) is 4.98 Å². The van der Waals surface area contributed by atoms with E-state index in [-0.39, 0.29) is 6.04 Å². The largest absolute Gasteiger partial charge is 0.465 e. The predicted octanol–water partition coefficient (Wildman–Crippen LogP) is 3.89. The second-order valence-corrected chi connectivity index (χ2v) is 6.38. The van der Waals surface area contributed by atoms with E-state index < -0.39 is 0 Å². The van der Waals surface area contributed by atoms with Crippen LogP contribution in [0, 0.1) is 6.92 Å². The Bertz CT molecular complexity index is 806. The SMILES string of the molecule is Cc1ccc(C(CNc2noc(-c3ccccc3)n2)N2CCCC2)o1. The van der Waals surface area contributed by atoms with Crippen LogP contribution in [-0.2, 0) is 0 Å². The van der Waals surface area contributed by atoms with Crippen LogP contribution in [-0.4, -0.2) is 34.7 Å². The van der Waals surface area contributed by atoms with E-state index in [2.05, 4.69) is 26.4 Å². The summed E-state index contributed by atoms with van der Waals surface area (Å²) in [5, 5.41) is 7.35. The number of benzene rings is 1. The first-order chi connectivity index (χ1) is 12.3. The Morgan fingerprint density at radius 2 is 1.92 bits per heavy atom. The summed E-state index contributed by atoms with van der Waals surface area (Å²) >= 11 is 0. The molecule has 1 fully saturated rings. The monoisotopic (exact) mass is 338 g/mol. The highest BCUT2D eigenvalue weighted by Crippen LogP contribution is 2.27. The van der Waals surface area contributed by atoms with Gasteiger partial charge in [0.15, 0.2) is 0 Å². The number of nitrogens with one attached hydrogen (secondary N) is 1. The van der Waals surface area contributed by atoms with Crippen LogP contribution in [0.4, 0.5) is 5.95 Å². The van der Waals surface area contributed by atoms with Gasteiger partial charge in [0.05, 0.1) is 6.04 Å². The number of aryl methyl sites for hydroxylation is 1. The van der Waals surface area contributed by atoms with Gasteiger partial charge in [-0.1, -0.05) is 18.2 Å². The molecule has 130 valence electrons. The summed E-state index contributed by atoms with van der Waals surface area (Å²) in [5.74, 6) is 2.95. The van der Waals surface area contributed by atoms with Crippen LogP contribution in [0.25, 0.3) is 11.5 Å². The Kier molecular flexibility index (Phi) is 4.52. The van der Waals surface area contributed by atoms with E-state index in [0.29, 0.717) is 18.4 Å². The van der Waals surface area contributed by atoms with E-state index in [1.165, 1.54) is 12.8 Å². The van der Waals surface area contributed by atoms with Gasteiger partial charge >= 0.3 is 0 Å². The molecule has 1 saturated heterocycles. The van der Waals surface area contributed by atoms with Crippen LogP contribution < -0.4 is 5.32 Å². The molecule has 0 amide bonds. The van der Waals surface area contributed by atoms with Crippen LogP contribution in [0.3, 0.4) is 0 Å². The molecule has 0 bridgehead atoms. The highest BCUT2D eigenvalue weighted by atomic mass is 16.5. The summed E-state index contributed by atoms with van der Waals surface area (Å²) in [6.45, 7) is 4.84. The second-order valence-electron chi connectivity index (χ2n) is 6.38. The molecule has 1 aliphatic rings. The lowest BCUT2D eigenvalue weighted by molar-refractivity contribution is 0.222. The van der Waals surface area contributed by atoms with Crippen LogP contribution in [0.2, 0.25) is 0 Å². The minimum atomic E-state index is 0.176. The van der Waals surface area contributed by atoms with Gasteiger partial charge in [0.2, 0.25) is 0 Å². The Balaban J connectivity index is 1.47. The Labute approximate surface area is 146 Å². The van der Waals surface area contributed by atoms with Gasteiger partial charge in [-0.05, 0) is 62.3 Å². The molecule has 25 heavy (non-hydrogen) atoms. The summed E-state index contributed by atoms with van der Waals surface area (Å²) in [6, 6.07) is 14.0. The van der Waals surface area contributed by atoms with Crippen molar-refractivity contribution < 1.29 is 8.94 Å². The zero-order valence-corrected chi connectivity index (χ0v) is 14.3. The van der Waals surface area contributed by atoms with E-state index in [1.54, 1.807) is 0 Å². The number of furan rings is 1. The highest BCUT2D eigenvalue weighted by molar-refractivity contribution is 5.53. The van der Waals surface area contributed by atoms with E-state index in [4.69, 9.17) is 8.94 Å². The normalized spacial score (nSPS) is 16.2. The molecule has 2 aromatic heterocycles. The van der Waals surface area contributed by atoms with Gasteiger partial charge in [-0.3, -0.25) is 4.90 Å². The van der Waals surface area contributed by atoms with Gasteiger partial charge in [-0.15, -0.1) is 0 Å². The minimum Gasteiger partial charge on any atom is -0.465 e. The van der Waals surface area contributed by atoms with Gasteiger partial charge in [0.25, 0.3) is 11.8 Å². The van der Waals surface area contributed by atoms with Gasteiger partial charge in [0.1, 0.15) is 11.5 Å². The molecule has 0 radical (unpaired) electrons. The van der Waals surface area contributed by atoms with Crippen molar-refractivity contribution in [1.82, 2.24) is 15.0 Å². The Morgan fingerprint density at radius 3 is 2.64 bits per heavy atom. The molecule has 0 aliphatic carbocycles. The summed E-state index contributed by atoms with van der Waals surface area (Å²) in [4.78, 5) is 6.89. The summed E-state index contributed by atoms with van der Waals surface area (Å²) in [5.41, 5.74) is 0.917. The summed E-state index contributed by atoms with van der Waals surface area (Å²) in [6.07, 6.45) is 2.47. The maximum atomic E-state index is 5.88. The van der Waals surface area contributed by atoms with E-state index in [1.807, 2.05) is 43.3 Å². The molecule has 3 aromatic rings. The number of anilines is 1. The van der Waals surface area contributed by atoms with Crippen LogP contribution in [0.5, 0.6) is 0 Å². The fourth-order valence-electron chi connectivity index (χ4n) is 3.28. The molecular weight excluding hydrogens is 316 g/mol. The smallest absolute Gasteiger partial charge is 0.263 e. The lowest BCUT2D eigenvalue weighted by Crippen LogP contribution is -2.30. The van der Waals surface area contributed by atoms with Crippen molar-refractivity contribution in [1.29, 1.82) is 0 Å². The molecule has 1 aromatic carbocycles. The molecular formula is C19H22N4O2. The van der Waals surface area contributed by atoms with Crippen LogP contribution >= 0.6 is 0 Å². The zero-order valence-electron chi connectivity index (χ0n) is 14.3. The van der Waals surface area contributed by atoms with E-state index >= 15 is 0 Å². The maximum absolute atomic E-state index is 5.88. The third kappa shape index (κ3) is 3.58. The highest BCUT2D eigenvalue weighted by Gasteiger charge is 2.26. The third-order valence-electron chi connectivity index (χ3n) is 4.57. The van der Waals surface area contributed by atoms with Gasteiger partial charge in [-0.25, -0.2) is 0 Å². The topological polar surface area (TPSA) is 67.3 Å². The lowest BCUT2D eigenvalue weighted by Gasteiger charge is -2.25. The molecule has 1 unspecified atom stereocenters. The van der Waals surface area contributed by atoms with Crippen molar-refractivity contribution in [3.05, 3.63) is 54.0 Å². The Hall–Kier alpha value is -2.60. The molecule has 6 heteroatoms. The standard InChI is InChI=1S/C19H22N4O2/c1-14-9-10-17(24-14)16(23-11-5-6-12-23)13-20-19-21-18(25-22-19)15-7-3-2-4-8-15/h2-4,7-10,16H,5-6,11-13H2,1H3,(H,20,22). The average Bonchev–Trinajstić information content (AvgIpc) is 3.38. The molecule has 6 nitrogen and oxygen atoms in total. The van der Waals surface area contributed by atoms with E-state index in [0.717, 1.165) is 30.2 Å². The Morgan fingerprint density at radius 1 is 1.12 bits per heavy atom. The predicted molar refractivity (Wildman–Crippen MR) is 95.2 cm³/mol. The van der Waals surface area contributed by atoms with Gasteiger partial charge in [0, 0.05) is 12.1 Å². The van der Waals surface area contributed by atoms with Crippen LogP contribution in [0.15, 0.2) is 51.4 Å². The van der Waals surface area contributed by atoms with Crippen molar-refractivity contribution in [2.75, 3.05) is 25.0 Å². The molecule has 0 spiro atoms. The molecule has 0 saturated carbocycles. The zero-order chi connectivity index (χ0) is 17.1. The third-order valence-corrected chi connectivity index (χ3v) is 4.57. The fourth-order valence-corrected chi connectivity index (χ4v) is 3.28. The van der Waals surface area contributed by atoms with E-state index in [9.17, 15) is 0 Å². The number of hydrogen-bond acceptors (Lipinski definition) is 6. The first-order valence-electron chi connectivity index (χ1n) is 8.73. The van der Waals surface area contributed by atoms with Gasteiger partial charge < -0.3 is 14.3 Å². The summed E-state index contributed by atoms with van der Waals surface area (Å²) < 4.78 is 11.2. The molecule has 4 rings (SSSR count). The molecule has 1 atom stereocenters. The van der Waals surface area contributed by atoms with Crippen molar-refractivity contribution in [2.45, 2.75) is 25.8 Å². The molecule has 1 aliphatic heterocycles. The second kappa shape index (κ2) is 7.11. The van der Waals surface area contributed by atoms with Crippen molar-refractivity contribution >= 4 is 5.95 Å². The number of likely N-dealkylation sites (tertiary alicyclic amines) is 1. The van der Waals surface area contributed by atoms with Crippen LogP contribution in [0.1, 0.15) is 30.4 Å². The van der Waals surface area contributed by atoms with Crippen molar-refractivity contribution in [3.8, 4) is 11.5 Å². The quantitative estimate of drug-likeness (QED) is 0.735. The van der Waals surface area contributed by atoms with Crippen molar-refractivity contribution in [3.63, 3.8) is 0 Å². The number of aromatic nitrogens is 2. The molecule has 3 heterocycles. The first-order valence-corrected chi connectivity index (χ1v) is 8.73. The number of nitrogens with zero attached hydrogens (tertiary/aromatic N) is 3. The first kappa shape index (κ1) is 15.9. The number of hydrogen-bond donors (Lipinski definition) is 1. The minimum absolute atomic E-state index is 0.176. The fraction of sp³-hybridized carbons (Fsp3) is 0.368. The van der Waals surface area contributed by atoms with Crippen molar-refractivity contribution in [2.24, 2.45) is 0 Å². The number of rotatable bonds is 6. The maximum Gasteiger partial charge on any atom is 0.263 e. The summed E-state index contributed by atoms with van der Waals surface area (Å²) in [7, 11) is 0. The average molecular weight is 338 g/mol. The molecule has 1 N–H and O–H groups in total.